The van der Waals surface area contributed by atoms with Crippen molar-refractivity contribution in [1.82, 2.24) is 0 Å². The van der Waals surface area contributed by atoms with Crippen LogP contribution in [0.5, 0.6) is 0 Å². The van der Waals surface area contributed by atoms with Gasteiger partial charge in [-0.1, -0.05) is 13.3 Å². The molecule has 2 heteroatoms. The van der Waals surface area contributed by atoms with Gasteiger partial charge in [-0.3, -0.25) is 0 Å². The maximum absolute atomic E-state index is 9.21. The molecule has 0 saturated heterocycles. The lowest BCUT2D eigenvalue weighted by Gasteiger charge is -2.13. The molecule has 0 amide bonds. The molecule has 1 rings (SSSR count). The maximum Gasteiger partial charge on any atom is 0.0827 e. The fourth-order valence-electron chi connectivity index (χ4n) is 1.49. The van der Waals surface area contributed by atoms with Gasteiger partial charge in [-0.05, 0) is 18.8 Å². The van der Waals surface area contributed by atoms with Gasteiger partial charge in [0.2, 0.25) is 0 Å². The van der Waals surface area contributed by atoms with Crippen LogP contribution in [-0.2, 0) is 0 Å². The Labute approximate surface area is 55.5 Å². The molecule has 1 aliphatic carbocycles. The van der Waals surface area contributed by atoms with Crippen molar-refractivity contribution in [2.24, 2.45) is 5.92 Å². The second-order valence-electron chi connectivity index (χ2n) is 2.80. The van der Waals surface area contributed by atoms with Crippen LogP contribution in [0.4, 0.5) is 0 Å². The number of rotatable bonds is 1. The Hall–Kier alpha value is -0.0800. The zero-order chi connectivity index (χ0) is 6.85. The van der Waals surface area contributed by atoms with E-state index >= 15 is 0 Å². The van der Waals surface area contributed by atoms with Gasteiger partial charge in [-0.2, -0.15) is 0 Å². The second-order valence-corrected chi connectivity index (χ2v) is 2.80. The van der Waals surface area contributed by atoms with Crippen LogP contribution in [0.25, 0.3) is 0 Å². The Balaban J connectivity index is 2.41. The summed E-state index contributed by atoms with van der Waals surface area (Å²) in [4.78, 5) is 0. The van der Waals surface area contributed by atoms with E-state index in [0.717, 1.165) is 19.3 Å². The van der Waals surface area contributed by atoms with Crippen LogP contribution < -0.4 is 0 Å². The first-order valence-corrected chi connectivity index (χ1v) is 3.61. The summed E-state index contributed by atoms with van der Waals surface area (Å²) in [6.45, 7) is 2.05. The Morgan fingerprint density at radius 1 is 1.33 bits per heavy atom. The van der Waals surface area contributed by atoms with Crippen LogP contribution in [0, 0.1) is 5.92 Å². The van der Waals surface area contributed by atoms with E-state index in [9.17, 15) is 5.11 Å². The first-order valence-electron chi connectivity index (χ1n) is 3.61. The van der Waals surface area contributed by atoms with Crippen LogP contribution in [0.2, 0.25) is 0 Å². The third-order valence-corrected chi connectivity index (χ3v) is 2.23. The van der Waals surface area contributed by atoms with E-state index in [2.05, 4.69) is 0 Å². The lowest BCUT2D eigenvalue weighted by molar-refractivity contribution is 0.0199. The molecular weight excluding hydrogens is 116 g/mol. The summed E-state index contributed by atoms with van der Waals surface area (Å²) in [5, 5.41) is 18.3. The van der Waals surface area contributed by atoms with E-state index in [1.807, 2.05) is 6.92 Å². The van der Waals surface area contributed by atoms with Crippen molar-refractivity contribution in [2.45, 2.75) is 38.4 Å². The normalized spacial score (nSPS) is 43.7. The molecule has 3 atom stereocenters. The molecule has 9 heavy (non-hydrogen) atoms. The fourth-order valence-corrected chi connectivity index (χ4v) is 1.49. The molecule has 1 unspecified atom stereocenters. The Morgan fingerprint density at radius 2 is 2.00 bits per heavy atom. The van der Waals surface area contributed by atoms with Gasteiger partial charge in [0.15, 0.2) is 0 Å². The molecule has 0 aromatic carbocycles. The first kappa shape index (κ1) is 7.03. The molecule has 54 valence electrons. The van der Waals surface area contributed by atoms with E-state index in [-0.39, 0.29) is 0 Å². The van der Waals surface area contributed by atoms with Gasteiger partial charge < -0.3 is 10.2 Å². The van der Waals surface area contributed by atoms with Gasteiger partial charge in [0, 0.05) is 0 Å². The van der Waals surface area contributed by atoms with Crippen molar-refractivity contribution in [1.29, 1.82) is 0 Å². The zero-order valence-electron chi connectivity index (χ0n) is 5.75. The smallest absolute Gasteiger partial charge is 0.0827 e. The Morgan fingerprint density at radius 3 is 2.22 bits per heavy atom. The van der Waals surface area contributed by atoms with Crippen molar-refractivity contribution in [3.63, 3.8) is 0 Å². The number of hydrogen-bond acceptors (Lipinski definition) is 2. The van der Waals surface area contributed by atoms with Crippen LogP contribution in [-0.4, -0.2) is 22.4 Å². The molecule has 2 N–H and O–H groups in total. The highest BCUT2D eigenvalue weighted by molar-refractivity contribution is 4.82. The van der Waals surface area contributed by atoms with Gasteiger partial charge in [0.1, 0.15) is 0 Å². The highest BCUT2D eigenvalue weighted by atomic mass is 16.3. The third-order valence-electron chi connectivity index (χ3n) is 2.23. The van der Waals surface area contributed by atoms with Crippen molar-refractivity contribution >= 4 is 0 Å². The minimum absolute atomic E-state index is 0.347. The lowest BCUT2D eigenvalue weighted by atomic mass is 10.0. The summed E-state index contributed by atoms with van der Waals surface area (Å²) in [6.07, 6.45) is 1.85. The molecule has 1 saturated carbocycles. The highest BCUT2D eigenvalue weighted by Crippen LogP contribution is 2.27. The molecule has 1 fully saturated rings. The number of hydrogen-bond donors (Lipinski definition) is 2. The molecular formula is C7H14O2. The number of aliphatic hydroxyl groups excluding tert-OH is 2. The summed E-state index contributed by atoms with van der Waals surface area (Å²) in [7, 11) is 0. The second kappa shape index (κ2) is 2.67. The third kappa shape index (κ3) is 1.25. The summed E-state index contributed by atoms with van der Waals surface area (Å²) < 4.78 is 0. The van der Waals surface area contributed by atoms with Gasteiger partial charge in [0.25, 0.3) is 0 Å². The monoisotopic (exact) mass is 130 g/mol. The molecule has 0 spiro atoms. The van der Waals surface area contributed by atoms with Crippen molar-refractivity contribution in [3.05, 3.63) is 0 Å². The van der Waals surface area contributed by atoms with Crippen molar-refractivity contribution in [3.8, 4) is 0 Å². The average molecular weight is 130 g/mol. The molecule has 2 nitrogen and oxygen atoms in total. The van der Waals surface area contributed by atoms with Gasteiger partial charge in [-0.15, -0.1) is 0 Å². The topological polar surface area (TPSA) is 40.5 Å². The Bertz CT molecular complexity index is 92.9. The average Bonchev–Trinajstić information content (AvgIpc) is 2.15. The summed E-state index contributed by atoms with van der Waals surface area (Å²) in [5.74, 6) is 0.347. The summed E-state index contributed by atoms with van der Waals surface area (Å²) in [5.41, 5.74) is 0. The lowest BCUT2D eigenvalue weighted by Crippen LogP contribution is -2.24. The maximum atomic E-state index is 9.21. The van der Waals surface area contributed by atoms with Crippen LogP contribution in [0.1, 0.15) is 26.2 Å². The molecule has 0 aromatic heterocycles. The quantitative estimate of drug-likeness (QED) is 0.543. The van der Waals surface area contributed by atoms with Crippen molar-refractivity contribution in [2.75, 3.05) is 0 Å². The number of aliphatic hydroxyl groups is 2. The Kier molecular flexibility index (Phi) is 2.09. The molecule has 0 aromatic rings. The van der Waals surface area contributed by atoms with E-state index in [1.54, 1.807) is 0 Å². The minimum Gasteiger partial charge on any atom is -0.390 e. The molecule has 0 bridgehead atoms. The van der Waals surface area contributed by atoms with E-state index in [1.165, 1.54) is 0 Å². The molecule has 0 radical (unpaired) electrons. The largest absolute Gasteiger partial charge is 0.390 e. The standard InChI is InChI=1S/C7H14O2/c1-2-5-3-4-6(8)7(5)9/h5-9H,2-4H2,1H3/t5?,6-,7+/m1/s1. The fraction of sp³-hybridized carbons (Fsp3) is 1.00. The van der Waals surface area contributed by atoms with E-state index in [4.69, 9.17) is 5.11 Å². The van der Waals surface area contributed by atoms with Crippen LogP contribution in [0.3, 0.4) is 0 Å². The predicted octanol–water partition coefficient (Wildman–Crippen LogP) is 0.528. The van der Waals surface area contributed by atoms with Gasteiger partial charge in [-0.25, -0.2) is 0 Å². The van der Waals surface area contributed by atoms with E-state index in [0.29, 0.717) is 5.92 Å². The van der Waals surface area contributed by atoms with Crippen molar-refractivity contribution < 1.29 is 10.2 Å². The minimum atomic E-state index is -0.449. The summed E-state index contributed by atoms with van der Waals surface area (Å²) >= 11 is 0. The summed E-state index contributed by atoms with van der Waals surface area (Å²) in [6, 6.07) is 0. The van der Waals surface area contributed by atoms with Crippen LogP contribution in [0.15, 0.2) is 0 Å². The van der Waals surface area contributed by atoms with Gasteiger partial charge >= 0.3 is 0 Å². The van der Waals surface area contributed by atoms with E-state index < -0.39 is 12.2 Å². The van der Waals surface area contributed by atoms with Crippen LogP contribution >= 0.6 is 0 Å². The predicted molar refractivity (Wildman–Crippen MR) is 35.0 cm³/mol. The first-order chi connectivity index (χ1) is 4.25. The molecule has 0 heterocycles. The molecule has 0 aliphatic heterocycles. The molecule has 1 aliphatic rings. The zero-order valence-corrected chi connectivity index (χ0v) is 5.75. The SMILES string of the molecule is CCC1CC[C@@H](O)[C@H]1O. The van der Waals surface area contributed by atoms with Gasteiger partial charge in [0.05, 0.1) is 12.2 Å². The highest BCUT2D eigenvalue weighted by Gasteiger charge is 2.31.